The van der Waals surface area contributed by atoms with E-state index in [1.165, 1.54) is 11.0 Å². The van der Waals surface area contributed by atoms with E-state index in [1.54, 1.807) is 14.1 Å². The zero-order valence-corrected chi connectivity index (χ0v) is 9.91. The molecule has 0 saturated heterocycles. The van der Waals surface area contributed by atoms with Crippen molar-refractivity contribution in [1.29, 1.82) is 0 Å². The number of nitrogens with one attached hydrogen (secondary N) is 1. The van der Waals surface area contributed by atoms with Gasteiger partial charge in [-0.25, -0.2) is 9.37 Å². The first-order valence-corrected chi connectivity index (χ1v) is 5.07. The maximum atomic E-state index is 13.0. The summed E-state index contributed by atoms with van der Waals surface area (Å²) in [7, 11) is 3.32. The van der Waals surface area contributed by atoms with E-state index in [4.69, 9.17) is 0 Å². The van der Waals surface area contributed by atoms with Crippen LogP contribution in [0, 0.1) is 5.82 Å². The van der Waals surface area contributed by atoms with Gasteiger partial charge in [0.1, 0.15) is 11.6 Å². The van der Waals surface area contributed by atoms with Gasteiger partial charge < -0.3 is 10.2 Å². The molecule has 4 nitrogen and oxygen atoms in total. The van der Waals surface area contributed by atoms with Crippen LogP contribution in [0.15, 0.2) is 12.3 Å². The molecular formula is C11H16FN3O. The minimum Gasteiger partial charge on any atom is -0.372 e. The standard InChI is InChI=1S/C11H16FN3O/c1-7(2)15(4)11(16)9-5-8(12)6-14-10(9)13-3/h5-7H,1-4H3,(H,13,14). The Morgan fingerprint density at radius 1 is 1.56 bits per heavy atom. The summed E-state index contributed by atoms with van der Waals surface area (Å²) in [5.41, 5.74) is 0.249. The second-order valence-corrected chi connectivity index (χ2v) is 3.81. The van der Waals surface area contributed by atoms with Gasteiger partial charge in [-0.3, -0.25) is 4.79 Å². The third-order valence-corrected chi connectivity index (χ3v) is 2.42. The number of rotatable bonds is 3. The summed E-state index contributed by atoms with van der Waals surface area (Å²) in [5.74, 6) is -0.371. The van der Waals surface area contributed by atoms with Gasteiger partial charge >= 0.3 is 0 Å². The molecule has 0 atom stereocenters. The Kier molecular flexibility index (Phi) is 3.82. The smallest absolute Gasteiger partial charge is 0.257 e. The van der Waals surface area contributed by atoms with Gasteiger partial charge in [-0.15, -0.1) is 0 Å². The highest BCUT2D eigenvalue weighted by Crippen LogP contribution is 2.16. The monoisotopic (exact) mass is 225 g/mol. The molecular weight excluding hydrogens is 209 g/mol. The number of carbonyl (C=O) groups is 1. The van der Waals surface area contributed by atoms with Crippen LogP contribution >= 0.6 is 0 Å². The third kappa shape index (κ3) is 2.48. The van der Waals surface area contributed by atoms with E-state index >= 15 is 0 Å². The van der Waals surface area contributed by atoms with Crippen molar-refractivity contribution in [3.63, 3.8) is 0 Å². The van der Waals surface area contributed by atoms with E-state index in [0.29, 0.717) is 5.82 Å². The fourth-order valence-electron chi connectivity index (χ4n) is 1.23. The predicted octanol–water partition coefficient (Wildman–Crippen LogP) is 1.74. The lowest BCUT2D eigenvalue weighted by atomic mass is 10.2. The molecule has 1 aromatic rings. The molecule has 5 heteroatoms. The van der Waals surface area contributed by atoms with Crippen molar-refractivity contribution < 1.29 is 9.18 Å². The summed E-state index contributed by atoms with van der Waals surface area (Å²) in [4.78, 5) is 17.4. The van der Waals surface area contributed by atoms with Crippen molar-refractivity contribution >= 4 is 11.7 Å². The molecule has 0 aliphatic carbocycles. The highest BCUT2D eigenvalue weighted by atomic mass is 19.1. The highest BCUT2D eigenvalue weighted by Gasteiger charge is 2.19. The van der Waals surface area contributed by atoms with E-state index < -0.39 is 5.82 Å². The maximum absolute atomic E-state index is 13.0. The molecule has 88 valence electrons. The van der Waals surface area contributed by atoms with Gasteiger partial charge in [0.2, 0.25) is 0 Å². The molecule has 0 saturated carbocycles. The number of carbonyl (C=O) groups excluding carboxylic acids is 1. The lowest BCUT2D eigenvalue weighted by Gasteiger charge is -2.22. The molecule has 0 bridgehead atoms. The average molecular weight is 225 g/mol. The Morgan fingerprint density at radius 2 is 2.19 bits per heavy atom. The molecule has 1 heterocycles. The van der Waals surface area contributed by atoms with Crippen LogP contribution in [0.1, 0.15) is 24.2 Å². The lowest BCUT2D eigenvalue weighted by molar-refractivity contribution is 0.0755. The molecule has 1 aromatic heterocycles. The summed E-state index contributed by atoms with van der Waals surface area (Å²) >= 11 is 0. The Balaban J connectivity index is 3.11. The summed E-state index contributed by atoms with van der Waals surface area (Å²) in [5, 5.41) is 2.77. The predicted molar refractivity (Wildman–Crippen MR) is 61.0 cm³/mol. The molecule has 16 heavy (non-hydrogen) atoms. The van der Waals surface area contributed by atoms with Gasteiger partial charge in [0.25, 0.3) is 5.91 Å². The Hall–Kier alpha value is -1.65. The topological polar surface area (TPSA) is 45.2 Å². The molecule has 0 aromatic carbocycles. The highest BCUT2D eigenvalue weighted by molar-refractivity contribution is 5.98. The first kappa shape index (κ1) is 12.4. The van der Waals surface area contributed by atoms with Crippen molar-refractivity contribution in [2.45, 2.75) is 19.9 Å². The number of nitrogens with zero attached hydrogens (tertiary/aromatic N) is 2. The number of anilines is 1. The van der Waals surface area contributed by atoms with Gasteiger partial charge in [-0.05, 0) is 19.9 Å². The zero-order valence-electron chi connectivity index (χ0n) is 9.91. The molecule has 1 N–H and O–H groups in total. The van der Waals surface area contributed by atoms with Crippen LogP contribution in [-0.2, 0) is 0 Å². The van der Waals surface area contributed by atoms with Crippen LogP contribution in [0.2, 0.25) is 0 Å². The number of hydrogen-bond donors (Lipinski definition) is 1. The largest absolute Gasteiger partial charge is 0.372 e. The molecule has 0 fully saturated rings. The third-order valence-electron chi connectivity index (χ3n) is 2.42. The van der Waals surface area contributed by atoms with Crippen molar-refractivity contribution in [2.24, 2.45) is 0 Å². The Labute approximate surface area is 94.5 Å². The van der Waals surface area contributed by atoms with Crippen LogP contribution in [0.3, 0.4) is 0 Å². The van der Waals surface area contributed by atoms with Crippen LogP contribution < -0.4 is 5.32 Å². The maximum Gasteiger partial charge on any atom is 0.257 e. The van der Waals surface area contributed by atoms with Gasteiger partial charge in [0, 0.05) is 20.1 Å². The SMILES string of the molecule is CNc1ncc(F)cc1C(=O)N(C)C(C)C. The lowest BCUT2D eigenvalue weighted by Crippen LogP contribution is -2.33. The molecule has 0 spiro atoms. The molecule has 1 rings (SSSR count). The molecule has 1 amide bonds. The molecule has 0 aliphatic rings. The molecule has 0 radical (unpaired) electrons. The van der Waals surface area contributed by atoms with Crippen LogP contribution in [0.25, 0.3) is 0 Å². The fourth-order valence-corrected chi connectivity index (χ4v) is 1.23. The first-order valence-electron chi connectivity index (χ1n) is 5.07. The quantitative estimate of drug-likeness (QED) is 0.852. The second-order valence-electron chi connectivity index (χ2n) is 3.81. The normalized spacial score (nSPS) is 10.4. The number of halogens is 1. The Morgan fingerprint density at radius 3 is 2.69 bits per heavy atom. The van der Waals surface area contributed by atoms with Crippen LogP contribution in [0.4, 0.5) is 10.2 Å². The first-order chi connectivity index (χ1) is 7.47. The summed E-state index contributed by atoms with van der Waals surface area (Å²) in [6.07, 6.45) is 1.08. The van der Waals surface area contributed by atoms with E-state index in [2.05, 4.69) is 10.3 Å². The number of aromatic nitrogens is 1. The molecule has 0 unspecified atom stereocenters. The number of amides is 1. The van der Waals surface area contributed by atoms with Gasteiger partial charge in [-0.1, -0.05) is 0 Å². The van der Waals surface area contributed by atoms with E-state index in [0.717, 1.165) is 6.20 Å². The van der Waals surface area contributed by atoms with Gasteiger partial charge in [-0.2, -0.15) is 0 Å². The summed E-state index contributed by atoms with van der Waals surface area (Å²) < 4.78 is 13.0. The zero-order chi connectivity index (χ0) is 12.3. The average Bonchev–Trinajstić information content (AvgIpc) is 2.26. The second kappa shape index (κ2) is 4.92. The van der Waals surface area contributed by atoms with Crippen molar-refractivity contribution in [2.75, 3.05) is 19.4 Å². The Bertz CT molecular complexity index is 393. The van der Waals surface area contributed by atoms with Crippen LogP contribution in [0.5, 0.6) is 0 Å². The van der Waals surface area contributed by atoms with Crippen molar-refractivity contribution in [3.05, 3.63) is 23.6 Å². The minimum absolute atomic E-state index is 0.0560. The van der Waals surface area contributed by atoms with Gasteiger partial charge in [0.05, 0.1) is 11.8 Å². The summed E-state index contributed by atoms with van der Waals surface area (Å²) in [6, 6.07) is 1.25. The minimum atomic E-state index is -0.514. The molecule has 0 aliphatic heterocycles. The van der Waals surface area contributed by atoms with E-state index in [9.17, 15) is 9.18 Å². The van der Waals surface area contributed by atoms with Crippen molar-refractivity contribution in [1.82, 2.24) is 9.88 Å². The fraction of sp³-hybridized carbons (Fsp3) is 0.455. The van der Waals surface area contributed by atoms with Crippen LogP contribution in [-0.4, -0.2) is 35.9 Å². The van der Waals surface area contributed by atoms with Gasteiger partial charge in [0.15, 0.2) is 0 Å². The number of hydrogen-bond acceptors (Lipinski definition) is 3. The summed E-state index contributed by atoms with van der Waals surface area (Å²) in [6.45, 7) is 3.79. The van der Waals surface area contributed by atoms with E-state index in [1.807, 2.05) is 13.8 Å². The van der Waals surface area contributed by atoms with Crippen molar-refractivity contribution in [3.8, 4) is 0 Å². The van der Waals surface area contributed by atoms with E-state index in [-0.39, 0.29) is 17.5 Å². The number of pyridine rings is 1.